The molecule has 3 N–H and O–H groups in total. The summed E-state index contributed by atoms with van der Waals surface area (Å²) in [5.41, 5.74) is 1.95. The highest BCUT2D eigenvalue weighted by atomic mass is 79.9. The first-order chi connectivity index (χ1) is 9.79. The van der Waals surface area contributed by atoms with E-state index in [1.807, 2.05) is 0 Å². The number of nitrogens with one attached hydrogen (secondary N) is 1. The lowest BCUT2D eigenvalue weighted by Gasteiger charge is -2.13. The molecule has 0 fully saturated rings. The molecule has 0 unspecified atom stereocenters. The fraction of sp³-hybridized carbons (Fsp3) is 0.154. The molecule has 1 aromatic carbocycles. The average molecular weight is 362 g/mol. The van der Waals surface area contributed by atoms with Gasteiger partial charge in [-0.15, -0.1) is 0 Å². The maximum atomic E-state index is 12.8. The molecule has 112 valence electrons. The van der Waals surface area contributed by atoms with Gasteiger partial charge in [0, 0.05) is 10.5 Å². The Morgan fingerprint density at radius 1 is 1.24 bits per heavy atom. The molecule has 0 spiro atoms. The zero-order valence-electron chi connectivity index (χ0n) is 10.8. The standard InChI is InChI=1S/C13H11BrF3N3O/c1-7-4-9(14)2-3-10(7)21-12-6-8(13(15,16)17)5-11(19-12)20-18/h2-6H,18H2,1H3,(H,19,20). The first-order valence-corrected chi connectivity index (χ1v) is 6.59. The van der Waals surface area contributed by atoms with Crippen molar-refractivity contribution in [3.05, 3.63) is 45.9 Å². The highest BCUT2D eigenvalue weighted by Gasteiger charge is 2.32. The van der Waals surface area contributed by atoms with Crippen molar-refractivity contribution >= 4 is 21.7 Å². The number of aromatic nitrogens is 1. The van der Waals surface area contributed by atoms with Gasteiger partial charge in [-0.1, -0.05) is 15.9 Å². The second kappa shape index (κ2) is 5.90. The Bertz CT molecular complexity index is 662. The Labute approximate surface area is 127 Å². The predicted molar refractivity (Wildman–Crippen MR) is 76.0 cm³/mol. The zero-order valence-corrected chi connectivity index (χ0v) is 12.4. The molecule has 1 aromatic heterocycles. The molecule has 2 aromatic rings. The monoisotopic (exact) mass is 361 g/mol. The van der Waals surface area contributed by atoms with Crippen LogP contribution in [-0.4, -0.2) is 4.98 Å². The Hall–Kier alpha value is -1.80. The van der Waals surface area contributed by atoms with Crippen molar-refractivity contribution in [2.75, 3.05) is 5.43 Å². The number of nitrogen functional groups attached to an aromatic ring is 1. The summed E-state index contributed by atoms with van der Waals surface area (Å²) in [4.78, 5) is 3.85. The van der Waals surface area contributed by atoms with Crippen LogP contribution in [0.2, 0.25) is 0 Å². The molecule has 0 aliphatic rings. The lowest BCUT2D eigenvalue weighted by molar-refractivity contribution is -0.137. The smallest absolute Gasteiger partial charge is 0.416 e. The molecule has 2 rings (SSSR count). The van der Waals surface area contributed by atoms with E-state index < -0.39 is 11.7 Å². The van der Waals surface area contributed by atoms with Gasteiger partial charge in [-0.25, -0.2) is 5.84 Å². The van der Waals surface area contributed by atoms with Gasteiger partial charge in [0.1, 0.15) is 11.6 Å². The normalized spacial score (nSPS) is 11.3. The molecule has 0 radical (unpaired) electrons. The molecule has 4 nitrogen and oxygen atoms in total. The van der Waals surface area contributed by atoms with Crippen molar-refractivity contribution in [2.45, 2.75) is 13.1 Å². The van der Waals surface area contributed by atoms with Crippen molar-refractivity contribution < 1.29 is 17.9 Å². The van der Waals surface area contributed by atoms with E-state index >= 15 is 0 Å². The van der Waals surface area contributed by atoms with Crippen molar-refractivity contribution in [1.82, 2.24) is 4.98 Å². The molecule has 0 saturated heterocycles. The SMILES string of the molecule is Cc1cc(Br)ccc1Oc1cc(C(F)(F)F)cc(NN)n1. The number of ether oxygens (including phenoxy) is 1. The quantitative estimate of drug-likeness (QED) is 0.633. The van der Waals surface area contributed by atoms with Crippen molar-refractivity contribution in [3.63, 3.8) is 0 Å². The maximum absolute atomic E-state index is 12.8. The van der Waals surface area contributed by atoms with Gasteiger partial charge in [0.2, 0.25) is 5.88 Å². The first-order valence-electron chi connectivity index (χ1n) is 5.79. The average Bonchev–Trinajstić information content (AvgIpc) is 2.40. The third-order valence-electron chi connectivity index (χ3n) is 2.63. The summed E-state index contributed by atoms with van der Waals surface area (Å²) in [5, 5.41) is 0. The topological polar surface area (TPSA) is 60.2 Å². The molecule has 0 aliphatic carbocycles. The number of hydrogen-bond acceptors (Lipinski definition) is 4. The minimum absolute atomic E-state index is 0.130. The molecular weight excluding hydrogens is 351 g/mol. The number of hydrazine groups is 1. The fourth-order valence-corrected chi connectivity index (χ4v) is 2.11. The van der Waals surface area contributed by atoms with Crippen LogP contribution >= 0.6 is 15.9 Å². The third-order valence-corrected chi connectivity index (χ3v) is 3.12. The zero-order chi connectivity index (χ0) is 15.6. The molecule has 0 saturated carbocycles. The summed E-state index contributed by atoms with van der Waals surface area (Å²) in [5.74, 6) is 5.22. The number of hydrogen-bond donors (Lipinski definition) is 2. The second-order valence-corrected chi connectivity index (χ2v) is 5.15. The van der Waals surface area contributed by atoms with E-state index in [0.29, 0.717) is 5.75 Å². The molecule has 0 bridgehead atoms. The van der Waals surface area contributed by atoms with Crippen LogP contribution in [0.3, 0.4) is 0 Å². The van der Waals surface area contributed by atoms with Crippen molar-refractivity contribution in [1.29, 1.82) is 0 Å². The minimum Gasteiger partial charge on any atom is -0.439 e. The lowest BCUT2D eigenvalue weighted by Crippen LogP contribution is -2.12. The van der Waals surface area contributed by atoms with Crippen LogP contribution in [0.4, 0.5) is 19.0 Å². The van der Waals surface area contributed by atoms with Gasteiger partial charge in [0.25, 0.3) is 0 Å². The number of anilines is 1. The summed E-state index contributed by atoms with van der Waals surface area (Å²) in [6, 6.07) is 6.77. The van der Waals surface area contributed by atoms with E-state index in [4.69, 9.17) is 10.6 Å². The van der Waals surface area contributed by atoms with Crippen LogP contribution < -0.4 is 16.0 Å². The predicted octanol–water partition coefficient (Wildman–Crippen LogP) is 4.25. The van der Waals surface area contributed by atoms with Gasteiger partial charge in [-0.3, -0.25) is 0 Å². The van der Waals surface area contributed by atoms with Gasteiger partial charge >= 0.3 is 6.18 Å². The summed E-state index contributed by atoms with van der Waals surface area (Å²) < 4.78 is 44.6. The number of alkyl halides is 3. The Morgan fingerprint density at radius 2 is 1.95 bits per heavy atom. The van der Waals surface area contributed by atoms with E-state index in [-0.39, 0.29) is 11.7 Å². The molecule has 0 amide bonds. The molecule has 1 heterocycles. The van der Waals surface area contributed by atoms with Crippen molar-refractivity contribution in [3.8, 4) is 11.6 Å². The first kappa shape index (κ1) is 15.6. The van der Waals surface area contributed by atoms with Crippen molar-refractivity contribution in [2.24, 2.45) is 5.84 Å². The molecule has 8 heteroatoms. The van der Waals surface area contributed by atoms with E-state index in [0.717, 1.165) is 22.2 Å². The highest BCUT2D eigenvalue weighted by Crippen LogP contribution is 2.34. The molecule has 21 heavy (non-hydrogen) atoms. The van der Waals surface area contributed by atoms with Crippen LogP contribution in [0.1, 0.15) is 11.1 Å². The third kappa shape index (κ3) is 3.85. The molecule has 0 atom stereocenters. The Balaban J connectivity index is 2.39. The van der Waals surface area contributed by atoms with E-state index in [2.05, 4.69) is 26.3 Å². The van der Waals surface area contributed by atoms with Gasteiger partial charge in [0.05, 0.1) is 5.56 Å². The maximum Gasteiger partial charge on any atom is 0.416 e. The fourth-order valence-electron chi connectivity index (χ4n) is 1.64. The summed E-state index contributed by atoms with van der Waals surface area (Å²) in [6.45, 7) is 1.77. The number of pyridine rings is 1. The summed E-state index contributed by atoms with van der Waals surface area (Å²) >= 11 is 3.30. The largest absolute Gasteiger partial charge is 0.439 e. The summed E-state index contributed by atoms with van der Waals surface area (Å²) in [6.07, 6.45) is -4.51. The Morgan fingerprint density at radius 3 is 2.52 bits per heavy atom. The highest BCUT2D eigenvalue weighted by molar-refractivity contribution is 9.10. The van der Waals surface area contributed by atoms with Crippen LogP contribution in [0, 0.1) is 6.92 Å². The van der Waals surface area contributed by atoms with Crippen LogP contribution in [0.25, 0.3) is 0 Å². The van der Waals surface area contributed by atoms with Crippen LogP contribution in [0.5, 0.6) is 11.6 Å². The van der Waals surface area contributed by atoms with Gasteiger partial charge in [0.15, 0.2) is 0 Å². The van der Waals surface area contributed by atoms with Gasteiger partial charge in [-0.05, 0) is 36.8 Å². The van der Waals surface area contributed by atoms with Gasteiger partial charge in [-0.2, -0.15) is 18.2 Å². The summed E-state index contributed by atoms with van der Waals surface area (Å²) in [7, 11) is 0. The number of nitrogens with zero attached hydrogens (tertiary/aromatic N) is 1. The second-order valence-electron chi connectivity index (χ2n) is 4.23. The number of rotatable bonds is 3. The Kier molecular flexibility index (Phi) is 4.38. The number of aryl methyl sites for hydroxylation is 1. The number of benzene rings is 1. The number of nitrogens with two attached hydrogens (primary N) is 1. The van der Waals surface area contributed by atoms with Crippen LogP contribution in [-0.2, 0) is 6.18 Å². The van der Waals surface area contributed by atoms with E-state index in [9.17, 15) is 13.2 Å². The van der Waals surface area contributed by atoms with Crippen LogP contribution in [0.15, 0.2) is 34.8 Å². The van der Waals surface area contributed by atoms with E-state index in [1.54, 1.807) is 25.1 Å². The molecule has 0 aliphatic heterocycles. The minimum atomic E-state index is -4.51. The lowest BCUT2D eigenvalue weighted by atomic mass is 10.2. The van der Waals surface area contributed by atoms with E-state index in [1.165, 1.54) is 0 Å². The van der Waals surface area contributed by atoms with Gasteiger partial charge < -0.3 is 10.2 Å². The molecular formula is C13H11BrF3N3O. The number of halogens is 4.